The smallest absolute Gasteiger partial charge is 0.186 e. The van der Waals surface area contributed by atoms with Crippen molar-refractivity contribution in [3.05, 3.63) is 24.3 Å². The van der Waals surface area contributed by atoms with Gasteiger partial charge in [-0.1, -0.05) is 45.1 Å². The average molecular weight is 398 g/mol. The molecule has 2 aliphatic carbocycles. The van der Waals surface area contributed by atoms with Crippen molar-refractivity contribution in [3.8, 4) is 0 Å². The molecule has 1 aliphatic heterocycles. The van der Waals surface area contributed by atoms with Crippen LogP contribution >= 0.6 is 0 Å². The molecule has 10 atom stereocenters. The molecule has 7 heteroatoms. The van der Waals surface area contributed by atoms with Crippen LogP contribution in [0.4, 0.5) is 0 Å². The van der Waals surface area contributed by atoms with Crippen molar-refractivity contribution >= 4 is 0 Å². The lowest BCUT2D eigenvalue weighted by Crippen LogP contribution is -2.59. The van der Waals surface area contributed by atoms with Gasteiger partial charge in [-0.15, -0.1) is 0 Å². The SMILES string of the molecule is CC(C)[C@H]1C=C[C@@H](CO[C@H]2O[C@@H](CO)[C@H](O)[C@@H](O)[C@@H]2O)[C@@H]2C=C[C@H](O)[C@@]2(C)C1. The number of hydrogen-bond donors (Lipinski definition) is 5. The second-order valence-electron chi connectivity index (χ2n) is 9.05. The molecule has 1 heterocycles. The maximum atomic E-state index is 10.6. The Hall–Kier alpha value is -0.800. The van der Waals surface area contributed by atoms with Gasteiger partial charge in [-0.05, 0) is 24.2 Å². The Bertz CT molecular complexity index is 589. The number of hydrogen-bond acceptors (Lipinski definition) is 7. The summed E-state index contributed by atoms with van der Waals surface area (Å²) >= 11 is 0. The summed E-state index contributed by atoms with van der Waals surface area (Å²) in [5.74, 6) is 0.841. The number of rotatable bonds is 5. The van der Waals surface area contributed by atoms with Gasteiger partial charge in [-0.3, -0.25) is 0 Å². The lowest BCUT2D eigenvalue weighted by atomic mass is 9.67. The van der Waals surface area contributed by atoms with E-state index in [9.17, 15) is 25.5 Å². The molecule has 28 heavy (non-hydrogen) atoms. The molecule has 0 amide bonds. The van der Waals surface area contributed by atoms with E-state index in [1.54, 1.807) is 0 Å². The van der Waals surface area contributed by atoms with Crippen molar-refractivity contribution in [1.29, 1.82) is 0 Å². The van der Waals surface area contributed by atoms with E-state index in [1.165, 1.54) is 0 Å². The van der Waals surface area contributed by atoms with Crippen LogP contribution in [0.5, 0.6) is 0 Å². The molecule has 160 valence electrons. The highest BCUT2D eigenvalue weighted by Crippen LogP contribution is 2.50. The third kappa shape index (κ3) is 3.94. The standard InChI is InChI=1S/C21H34O7/c1-11(2)12-4-5-13(14-6-7-16(23)21(14,3)8-12)10-27-20-19(26)18(25)17(24)15(9-22)28-20/h4-7,11-20,22-26H,8-10H2,1-3H3/t12-,13-,14-,15-,16-,17-,18+,19-,20-,21-/m0/s1. The maximum Gasteiger partial charge on any atom is 0.186 e. The molecule has 0 saturated carbocycles. The van der Waals surface area contributed by atoms with Crippen molar-refractivity contribution in [3.63, 3.8) is 0 Å². The minimum Gasteiger partial charge on any atom is -0.394 e. The van der Waals surface area contributed by atoms with Gasteiger partial charge in [-0.2, -0.15) is 0 Å². The minimum atomic E-state index is -1.45. The Morgan fingerprint density at radius 1 is 1.04 bits per heavy atom. The first-order chi connectivity index (χ1) is 13.2. The highest BCUT2D eigenvalue weighted by Gasteiger charge is 2.49. The van der Waals surface area contributed by atoms with Crippen LogP contribution in [-0.2, 0) is 9.47 Å². The predicted molar refractivity (Wildman–Crippen MR) is 102 cm³/mol. The molecule has 0 bridgehead atoms. The molecule has 0 aromatic heterocycles. The molecular formula is C21H34O7. The van der Waals surface area contributed by atoms with Crippen LogP contribution in [0.15, 0.2) is 24.3 Å². The molecule has 0 aromatic carbocycles. The van der Waals surface area contributed by atoms with Gasteiger partial charge in [0.1, 0.15) is 24.4 Å². The summed E-state index contributed by atoms with van der Waals surface area (Å²) < 4.78 is 11.3. The van der Waals surface area contributed by atoms with Crippen LogP contribution in [0.2, 0.25) is 0 Å². The lowest BCUT2D eigenvalue weighted by molar-refractivity contribution is -0.303. The number of aliphatic hydroxyl groups excluding tert-OH is 5. The van der Waals surface area contributed by atoms with Crippen LogP contribution in [0, 0.1) is 29.1 Å². The van der Waals surface area contributed by atoms with Crippen LogP contribution in [-0.4, -0.2) is 75.6 Å². The van der Waals surface area contributed by atoms with Gasteiger partial charge in [0.05, 0.1) is 19.3 Å². The number of allylic oxidation sites excluding steroid dienone is 2. The molecule has 0 aromatic rings. The first-order valence-corrected chi connectivity index (χ1v) is 10.2. The first kappa shape index (κ1) is 21.9. The molecule has 0 spiro atoms. The molecule has 7 nitrogen and oxygen atoms in total. The summed E-state index contributed by atoms with van der Waals surface area (Å²) in [4.78, 5) is 0. The Morgan fingerprint density at radius 2 is 1.75 bits per heavy atom. The van der Waals surface area contributed by atoms with Gasteiger partial charge in [0.15, 0.2) is 6.29 Å². The van der Waals surface area contributed by atoms with Crippen LogP contribution < -0.4 is 0 Å². The maximum absolute atomic E-state index is 10.6. The highest BCUT2D eigenvalue weighted by atomic mass is 16.7. The third-order valence-corrected chi connectivity index (χ3v) is 6.84. The summed E-state index contributed by atoms with van der Waals surface area (Å²) in [6.45, 7) is 6.19. The van der Waals surface area contributed by atoms with Crippen molar-refractivity contribution < 1.29 is 35.0 Å². The fourth-order valence-corrected chi connectivity index (χ4v) is 4.76. The average Bonchev–Trinajstić information content (AvgIpc) is 2.85. The van der Waals surface area contributed by atoms with E-state index in [4.69, 9.17) is 9.47 Å². The summed E-state index contributed by atoms with van der Waals surface area (Å²) in [6, 6.07) is 0. The normalized spacial score (nSPS) is 48.7. The fourth-order valence-electron chi connectivity index (χ4n) is 4.76. The number of aliphatic hydroxyl groups is 5. The second kappa shape index (κ2) is 8.52. The third-order valence-electron chi connectivity index (χ3n) is 6.84. The Balaban J connectivity index is 1.73. The highest BCUT2D eigenvalue weighted by molar-refractivity contribution is 5.20. The van der Waals surface area contributed by atoms with Gasteiger partial charge in [0.2, 0.25) is 0 Å². The minimum absolute atomic E-state index is 0.0329. The zero-order valence-electron chi connectivity index (χ0n) is 16.8. The van der Waals surface area contributed by atoms with Crippen LogP contribution in [0.3, 0.4) is 0 Å². The Morgan fingerprint density at radius 3 is 2.39 bits per heavy atom. The van der Waals surface area contributed by atoms with Crippen LogP contribution in [0.25, 0.3) is 0 Å². The summed E-state index contributed by atoms with van der Waals surface area (Å²) in [5, 5.41) is 50.0. The van der Waals surface area contributed by atoms with Gasteiger partial charge in [-0.25, -0.2) is 0 Å². The van der Waals surface area contributed by atoms with E-state index in [0.29, 0.717) is 11.8 Å². The predicted octanol–water partition coefficient (Wildman–Crippen LogP) is 0.204. The molecule has 3 rings (SSSR count). The molecule has 1 fully saturated rings. The van der Waals surface area contributed by atoms with E-state index in [2.05, 4.69) is 32.9 Å². The number of ether oxygens (including phenoxy) is 2. The number of fused-ring (bicyclic) bond motifs is 1. The molecular weight excluding hydrogens is 364 g/mol. The van der Waals surface area contributed by atoms with Gasteiger partial charge in [0, 0.05) is 11.3 Å². The van der Waals surface area contributed by atoms with E-state index in [0.717, 1.165) is 6.42 Å². The zero-order chi connectivity index (χ0) is 20.6. The largest absolute Gasteiger partial charge is 0.394 e. The lowest BCUT2D eigenvalue weighted by Gasteiger charge is -2.41. The van der Waals surface area contributed by atoms with Crippen molar-refractivity contribution in [1.82, 2.24) is 0 Å². The quantitative estimate of drug-likeness (QED) is 0.420. The molecule has 5 N–H and O–H groups in total. The van der Waals surface area contributed by atoms with Gasteiger partial charge < -0.3 is 35.0 Å². The topological polar surface area (TPSA) is 120 Å². The summed E-state index contributed by atoms with van der Waals surface area (Å²) in [5.41, 5.74) is -0.304. The summed E-state index contributed by atoms with van der Waals surface area (Å²) in [7, 11) is 0. The Kier molecular flexibility index (Phi) is 6.66. The van der Waals surface area contributed by atoms with E-state index in [-0.39, 0.29) is 23.9 Å². The van der Waals surface area contributed by atoms with Gasteiger partial charge >= 0.3 is 0 Å². The molecule has 1 saturated heterocycles. The van der Waals surface area contributed by atoms with Crippen LogP contribution in [0.1, 0.15) is 27.2 Å². The fraction of sp³-hybridized carbons (Fsp3) is 0.810. The van der Waals surface area contributed by atoms with Gasteiger partial charge in [0.25, 0.3) is 0 Å². The zero-order valence-corrected chi connectivity index (χ0v) is 16.8. The van der Waals surface area contributed by atoms with E-state index >= 15 is 0 Å². The molecule has 0 unspecified atom stereocenters. The monoisotopic (exact) mass is 398 g/mol. The molecule has 3 aliphatic rings. The Labute approximate surface area is 166 Å². The molecule has 0 radical (unpaired) electrons. The van der Waals surface area contributed by atoms with Crippen molar-refractivity contribution in [2.45, 2.75) is 64.0 Å². The van der Waals surface area contributed by atoms with Crippen molar-refractivity contribution in [2.24, 2.45) is 29.1 Å². The summed E-state index contributed by atoms with van der Waals surface area (Å²) in [6.07, 6.45) is 2.15. The van der Waals surface area contributed by atoms with Crippen molar-refractivity contribution in [2.75, 3.05) is 13.2 Å². The van der Waals surface area contributed by atoms with E-state index in [1.807, 2.05) is 12.2 Å². The second-order valence-corrected chi connectivity index (χ2v) is 9.05. The van der Waals surface area contributed by atoms with E-state index < -0.39 is 43.4 Å². The first-order valence-electron chi connectivity index (χ1n) is 10.2.